The van der Waals surface area contributed by atoms with E-state index in [4.69, 9.17) is 4.74 Å². The Labute approximate surface area is 207 Å². The Morgan fingerprint density at radius 1 is 1.06 bits per heavy atom. The van der Waals surface area contributed by atoms with E-state index in [1.54, 1.807) is 12.1 Å². The van der Waals surface area contributed by atoms with E-state index in [0.29, 0.717) is 17.8 Å². The molecule has 9 heteroatoms. The van der Waals surface area contributed by atoms with Gasteiger partial charge in [0.25, 0.3) is 5.91 Å². The average Bonchev–Trinajstić information content (AvgIpc) is 3.19. The number of amides is 1. The van der Waals surface area contributed by atoms with E-state index in [-0.39, 0.29) is 22.6 Å². The molecule has 36 heavy (non-hydrogen) atoms. The number of carbonyl (C=O) groups is 1. The molecule has 2 heterocycles. The highest BCUT2D eigenvalue weighted by molar-refractivity contribution is 5.93. The van der Waals surface area contributed by atoms with Crippen molar-refractivity contribution in [2.75, 3.05) is 11.9 Å². The van der Waals surface area contributed by atoms with E-state index in [2.05, 4.69) is 15.4 Å². The Morgan fingerprint density at radius 3 is 2.42 bits per heavy atom. The van der Waals surface area contributed by atoms with Crippen molar-refractivity contribution in [3.63, 3.8) is 0 Å². The number of anilines is 1. The Bertz CT molecular complexity index is 1410. The van der Waals surface area contributed by atoms with Gasteiger partial charge in [0, 0.05) is 11.8 Å². The van der Waals surface area contributed by atoms with Crippen molar-refractivity contribution in [1.82, 2.24) is 14.8 Å². The smallest absolute Gasteiger partial charge is 0.417 e. The number of pyridine rings is 1. The summed E-state index contributed by atoms with van der Waals surface area (Å²) < 4.78 is 48.8. The lowest BCUT2D eigenvalue weighted by atomic mass is 10.1. The summed E-state index contributed by atoms with van der Waals surface area (Å²) >= 11 is 0. The molecular formula is C27H27F3N4O2. The fraction of sp³-hybridized carbons (Fsp3) is 0.296. The summed E-state index contributed by atoms with van der Waals surface area (Å²) in [5, 5.41) is 7.03. The van der Waals surface area contributed by atoms with Crippen LogP contribution in [0.15, 0.2) is 48.5 Å². The predicted molar refractivity (Wildman–Crippen MR) is 133 cm³/mol. The topological polar surface area (TPSA) is 69.0 Å². The van der Waals surface area contributed by atoms with Gasteiger partial charge in [-0.1, -0.05) is 44.2 Å². The number of ether oxygens (including phenoxy) is 1. The minimum Gasteiger partial charge on any atom is -0.467 e. The summed E-state index contributed by atoms with van der Waals surface area (Å²) in [5.74, 6) is -0.800. The number of rotatable bonds is 7. The summed E-state index contributed by atoms with van der Waals surface area (Å²) in [6, 6.07) is 13.9. The minimum absolute atomic E-state index is 0.00848. The van der Waals surface area contributed by atoms with Crippen LogP contribution in [0.2, 0.25) is 0 Å². The summed E-state index contributed by atoms with van der Waals surface area (Å²) in [5.41, 5.74) is 3.47. The van der Waals surface area contributed by atoms with Crippen molar-refractivity contribution >= 4 is 22.6 Å². The van der Waals surface area contributed by atoms with Crippen LogP contribution < -0.4 is 10.1 Å². The zero-order valence-corrected chi connectivity index (χ0v) is 20.5. The van der Waals surface area contributed by atoms with Crippen LogP contribution in [0, 0.1) is 13.8 Å². The van der Waals surface area contributed by atoms with Gasteiger partial charge in [0.2, 0.25) is 5.88 Å². The molecule has 0 aliphatic heterocycles. The van der Waals surface area contributed by atoms with Crippen LogP contribution in [0.1, 0.15) is 41.8 Å². The quantitative estimate of drug-likeness (QED) is 0.331. The fourth-order valence-corrected chi connectivity index (χ4v) is 4.13. The van der Waals surface area contributed by atoms with Crippen molar-refractivity contribution < 1.29 is 22.7 Å². The maximum absolute atomic E-state index is 14.0. The van der Waals surface area contributed by atoms with E-state index in [9.17, 15) is 18.0 Å². The van der Waals surface area contributed by atoms with E-state index in [1.807, 2.05) is 51.1 Å². The molecule has 2 aromatic carbocycles. The minimum atomic E-state index is -4.66. The summed E-state index contributed by atoms with van der Waals surface area (Å²) in [4.78, 5) is 16.9. The van der Waals surface area contributed by atoms with E-state index < -0.39 is 24.3 Å². The molecule has 6 nitrogen and oxygen atoms in total. The number of nitrogens with zero attached hydrogens (tertiary/aromatic N) is 3. The van der Waals surface area contributed by atoms with E-state index >= 15 is 0 Å². The van der Waals surface area contributed by atoms with Crippen LogP contribution in [-0.4, -0.2) is 27.3 Å². The molecule has 2 aromatic heterocycles. The molecule has 0 radical (unpaired) electrons. The Kier molecular flexibility index (Phi) is 7.01. The van der Waals surface area contributed by atoms with Gasteiger partial charge >= 0.3 is 6.18 Å². The fourth-order valence-electron chi connectivity index (χ4n) is 4.13. The molecule has 0 unspecified atom stereocenters. The lowest BCUT2D eigenvalue weighted by Crippen LogP contribution is -2.22. The first-order valence-electron chi connectivity index (χ1n) is 11.7. The molecule has 0 aliphatic carbocycles. The second-order valence-electron chi connectivity index (χ2n) is 8.52. The van der Waals surface area contributed by atoms with Gasteiger partial charge in [-0.25, -0.2) is 4.68 Å². The van der Waals surface area contributed by atoms with E-state index in [0.717, 1.165) is 29.2 Å². The first-order valence-corrected chi connectivity index (χ1v) is 11.7. The van der Waals surface area contributed by atoms with Crippen molar-refractivity contribution in [1.29, 1.82) is 0 Å². The first-order chi connectivity index (χ1) is 17.1. The average molecular weight is 497 g/mol. The molecule has 0 bridgehead atoms. The molecule has 0 aliphatic rings. The van der Waals surface area contributed by atoms with Crippen molar-refractivity contribution in [3.8, 4) is 11.6 Å². The Morgan fingerprint density at radius 2 is 1.78 bits per heavy atom. The molecule has 0 atom stereocenters. The number of aromatic nitrogens is 3. The van der Waals surface area contributed by atoms with Gasteiger partial charge in [-0.3, -0.25) is 4.79 Å². The molecule has 0 saturated heterocycles. The molecule has 0 saturated carbocycles. The number of nitrogens with one attached hydrogen (secondary N) is 1. The van der Waals surface area contributed by atoms with Gasteiger partial charge in [-0.05, 0) is 55.5 Å². The number of aryl methyl sites for hydroxylation is 4. The monoisotopic (exact) mass is 496 g/mol. The van der Waals surface area contributed by atoms with Gasteiger partial charge < -0.3 is 10.1 Å². The molecule has 188 valence electrons. The second kappa shape index (κ2) is 10.0. The molecular weight excluding hydrogens is 469 g/mol. The van der Waals surface area contributed by atoms with Gasteiger partial charge in [0.05, 0.1) is 22.3 Å². The normalized spacial score (nSPS) is 11.6. The molecule has 4 rings (SSSR count). The van der Waals surface area contributed by atoms with Crippen molar-refractivity contribution in [2.24, 2.45) is 0 Å². The largest absolute Gasteiger partial charge is 0.467 e. The third-order valence-electron chi connectivity index (χ3n) is 6.04. The lowest BCUT2D eigenvalue weighted by Gasteiger charge is -2.14. The standard InChI is InChI=1S/C27H27F3N4O2/c1-5-18-10-12-20(13-11-18)34-26-24(17(4)33-34)21(27(28,29)30)14-23(32-26)36-15-22(35)31-25-16(3)8-7-9-19(25)6-2/h7-14H,5-6,15H2,1-4H3,(H,31,35). The summed E-state index contributed by atoms with van der Waals surface area (Å²) in [6.45, 7) is 6.88. The third-order valence-corrected chi connectivity index (χ3v) is 6.04. The summed E-state index contributed by atoms with van der Waals surface area (Å²) in [7, 11) is 0. The van der Waals surface area contributed by atoms with Crippen LogP contribution in [0.25, 0.3) is 16.7 Å². The number of hydrogen-bond donors (Lipinski definition) is 1. The maximum atomic E-state index is 14.0. The van der Waals surface area contributed by atoms with Crippen LogP contribution >= 0.6 is 0 Å². The van der Waals surface area contributed by atoms with Crippen LogP contribution in [0.4, 0.5) is 18.9 Å². The zero-order valence-electron chi connectivity index (χ0n) is 20.5. The number of alkyl halides is 3. The third kappa shape index (κ3) is 5.05. The molecule has 0 fully saturated rings. The molecule has 1 amide bonds. The number of carbonyl (C=O) groups excluding carboxylic acids is 1. The Balaban J connectivity index is 1.68. The van der Waals surface area contributed by atoms with Crippen LogP contribution in [0.3, 0.4) is 0 Å². The van der Waals surface area contributed by atoms with Gasteiger partial charge in [-0.15, -0.1) is 0 Å². The summed E-state index contributed by atoms with van der Waals surface area (Å²) in [6.07, 6.45) is -3.12. The number of fused-ring (bicyclic) bond motifs is 1. The highest BCUT2D eigenvalue weighted by Crippen LogP contribution is 2.38. The zero-order chi connectivity index (χ0) is 26.0. The van der Waals surface area contributed by atoms with Gasteiger partial charge in [-0.2, -0.15) is 23.3 Å². The van der Waals surface area contributed by atoms with Crippen molar-refractivity contribution in [3.05, 3.63) is 76.5 Å². The van der Waals surface area contributed by atoms with Gasteiger partial charge in [0.15, 0.2) is 12.3 Å². The number of benzene rings is 2. The van der Waals surface area contributed by atoms with Gasteiger partial charge in [0.1, 0.15) is 0 Å². The van der Waals surface area contributed by atoms with Crippen LogP contribution in [-0.2, 0) is 23.8 Å². The lowest BCUT2D eigenvalue weighted by molar-refractivity contribution is -0.136. The number of para-hydroxylation sites is 1. The second-order valence-corrected chi connectivity index (χ2v) is 8.52. The highest BCUT2D eigenvalue weighted by Gasteiger charge is 2.36. The SMILES string of the molecule is CCc1ccc(-n2nc(C)c3c(C(F)(F)F)cc(OCC(=O)Nc4c(C)cccc4CC)nc32)cc1. The predicted octanol–water partition coefficient (Wildman–Crippen LogP) is 6.20. The van der Waals surface area contributed by atoms with Crippen LogP contribution in [0.5, 0.6) is 5.88 Å². The number of hydrogen-bond acceptors (Lipinski definition) is 4. The Hall–Kier alpha value is -3.88. The molecule has 4 aromatic rings. The first kappa shape index (κ1) is 25.2. The van der Waals surface area contributed by atoms with Crippen molar-refractivity contribution in [2.45, 2.75) is 46.7 Å². The molecule has 1 N–H and O–H groups in total. The number of halogens is 3. The van der Waals surface area contributed by atoms with E-state index in [1.165, 1.54) is 11.6 Å². The highest BCUT2D eigenvalue weighted by atomic mass is 19.4. The maximum Gasteiger partial charge on any atom is 0.417 e. The molecule has 0 spiro atoms.